The number of primary sulfonamides is 1. The van der Waals surface area contributed by atoms with Gasteiger partial charge in [-0.15, -0.1) is 10.2 Å². The topological polar surface area (TPSA) is 90.9 Å². The minimum atomic E-state index is -3.82. The molecule has 0 bridgehead atoms. The van der Waals surface area contributed by atoms with Crippen molar-refractivity contribution in [1.82, 2.24) is 14.8 Å². The SMILES string of the molecule is CCCC(C)c1nnc(S(N)(=O)=O)n1CC(C)C. The fourth-order valence-corrected chi connectivity index (χ4v) is 2.60. The summed E-state index contributed by atoms with van der Waals surface area (Å²) in [5.41, 5.74) is 0. The molecule has 1 aromatic rings. The van der Waals surface area contributed by atoms with E-state index in [0.717, 1.165) is 12.8 Å². The molecule has 1 rings (SSSR count). The molecule has 0 aliphatic rings. The highest BCUT2D eigenvalue weighted by Crippen LogP contribution is 2.22. The molecule has 2 N–H and O–H groups in total. The van der Waals surface area contributed by atoms with E-state index in [1.165, 1.54) is 0 Å². The van der Waals surface area contributed by atoms with Crippen molar-refractivity contribution in [3.8, 4) is 0 Å². The third-order valence-corrected chi connectivity index (χ3v) is 3.52. The van der Waals surface area contributed by atoms with E-state index in [1.807, 2.05) is 20.8 Å². The van der Waals surface area contributed by atoms with E-state index in [-0.39, 0.29) is 11.1 Å². The van der Waals surface area contributed by atoms with Gasteiger partial charge in [0.05, 0.1) is 0 Å². The molecule has 0 aliphatic heterocycles. The number of rotatable bonds is 6. The summed E-state index contributed by atoms with van der Waals surface area (Å²) in [6.45, 7) is 8.70. The fourth-order valence-electron chi connectivity index (χ4n) is 1.97. The molecule has 0 fully saturated rings. The highest BCUT2D eigenvalue weighted by Gasteiger charge is 2.24. The first kappa shape index (κ1) is 15.1. The van der Waals surface area contributed by atoms with Crippen molar-refractivity contribution in [3.63, 3.8) is 0 Å². The van der Waals surface area contributed by atoms with E-state index >= 15 is 0 Å². The number of sulfonamides is 1. The van der Waals surface area contributed by atoms with Crippen LogP contribution in [0.5, 0.6) is 0 Å². The third kappa shape index (κ3) is 3.52. The molecule has 104 valence electrons. The van der Waals surface area contributed by atoms with Crippen molar-refractivity contribution < 1.29 is 8.42 Å². The van der Waals surface area contributed by atoms with Crippen LogP contribution in [0.3, 0.4) is 0 Å². The van der Waals surface area contributed by atoms with Crippen molar-refractivity contribution in [2.75, 3.05) is 0 Å². The van der Waals surface area contributed by atoms with Gasteiger partial charge in [0.25, 0.3) is 15.2 Å². The summed E-state index contributed by atoms with van der Waals surface area (Å²) in [5.74, 6) is 1.18. The standard InChI is InChI=1S/C11H22N4O2S/c1-5-6-9(4)10-13-14-11(18(12,16)17)15(10)7-8(2)3/h8-9H,5-7H2,1-4H3,(H2,12,16,17). The monoisotopic (exact) mass is 274 g/mol. The summed E-state index contributed by atoms with van der Waals surface area (Å²) in [5, 5.41) is 12.8. The van der Waals surface area contributed by atoms with Gasteiger partial charge in [-0.3, -0.25) is 0 Å². The first-order valence-electron chi connectivity index (χ1n) is 6.23. The summed E-state index contributed by atoms with van der Waals surface area (Å²) in [6, 6.07) is 0. The van der Waals surface area contributed by atoms with Crippen LogP contribution in [0.25, 0.3) is 0 Å². The molecule has 7 heteroatoms. The van der Waals surface area contributed by atoms with Gasteiger partial charge in [0, 0.05) is 12.5 Å². The Kier molecular flexibility index (Phi) is 4.86. The Bertz CT molecular complexity index is 493. The predicted octanol–water partition coefficient (Wildman–Crippen LogP) is 1.49. The van der Waals surface area contributed by atoms with Gasteiger partial charge < -0.3 is 4.57 Å². The molecule has 0 saturated heterocycles. The number of hydrogen-bond donors (Lipinski definition) is 1. The molecular weight excluding hydrogens is 252 g/mol. The van der Waals surface area contributed by atoms with E-state index < -0.39 is 10.0 Å². The van der Waals surface area contributed by atoms with Crippen LogP contribution in [0.1, 0.15) is 52.3 Å². The molecule has 0 amide bonds. The lowest BCUT2D eigenvalue weighted by Gasteiger charge is -2.15. The quantitative estimate of drug-likeness (QED) is 0.850. The van der Waals surface area contributed by atoms with Gasteiger partial charge >= 0.3 is 0 Å². The smallest absolute Gasteiger partial charge is 0.273 e. The van der Waals surface area contributed by atoms with Crippen molar-refractivity contribution in [2.24, 2.45) is 11.1 Å². The van der Waals surface area contributed by atoms with Crippen LogP contribution in [0.2, 0.25) is 0 Å². The molecule has 18 heavy (non-hydrogen) atoms. The maximum Gasteiger partial charge on any atom is 0.273 e. The van der Waals surface area contributed by atoms with Crippen LogP contribution >= 0.6 is 0 Å². The van der Waals surface area contributed by atoms with Crippen LogP contribution in [0, 0.1) is 5.92 Å². The fraction of sp³-hybridized carbons (Fsp3) is 0.818. The molecule has 6 nitrogen and oxygen atoms in total. The molecule has 1 aromatic heterocycles. The average molecular weight is 274 g/mol. The van der Waals surface area contributed by atoms with E-state index in [4.69, 9.17) is 5.14 Å². The van der Waals surface area contributed by atoms with Gasteiger partial charge in [-0.05, 0) is 12.3 Å². The summed E-state index contributed by atoms with van der Waals surface area (Å²) < 4.78 is 24.6. The predicted molar refractivity (Wildman–Crippen MR) is 69.6 cm³/mol. The highest BCUT2D eigenvalue weighted by molar-refractivity contribution is 7.89. The summed E-state index contributed by atoms with van der Waals surface area (Å²) in [7, 11) is -3.82. The minimum absolute atomic E-state index is 0.130. The van der Waals surface area contributed by atoms with E-state index in [0.29, 0.717) is 18.3 Å². The zero-order chi connectivity index (χ0) is 13.9. The molecule has 0 radical (unpaired) electrons. The van der Waals surface area contributed by atoms with Gasteiger partial charge in [-0.2, -0.15) is 0 Å². The summed E-state index contributed by atoms with van der Waals surface area (Å²) >= 11 is 0. The van der Waals surface area contributed by atoms with Crippen LogP contribution in [-0.4, -0.2) is 23.2 Å². The van der Waals surface area contributed by atoms with Gasteiger partial charge in [0.1, 0.15) is 5.82 Å². The molecule has 1 unspecified atom stereocenters. The van der Waals surface area contributed by atoms with Gasteiger partial charge in [-0.25, -0.2) is 13.6 Å². The second-order valence-electron chi connectivity index (χ2n) is 5.08. The van der Waals surface area contributed by atoms with Gasteiger partial charge in [-0.1, -0.05) is 34.1 Å². The van der Waals surface area contributed by atoms with Crippen molar-refractivity contribution >= 4 is 10.0 Å². The van der Waals surface area contributed by atoms with Crippen molar-refractivity contribution in [1.29, 1.82) is 0 Å². The molecule has 0 aromatic carbocycles. The third-order valence-electron chi connectivity index (χ3n) is 2.71. The average Bonchev–Trinajstić information content (AvgIpc) is 2.60. The van der Waals surface area contributed by atoms with E-state index in [9.17, 15) is 8.42 Å². The van der Waals surface area contributed by atoms with Crippen LogP contribution in [-0.2, 0) is 16.6 Å². The molecule has 0 aliphatic carbocycles. The lowest BCUT2D eigenvalue weighted by molar-refractivity contribution is 0.454. The lowest BCUT2D eigenvalue weighted by Crippen LogP contribution is -2.21. The molecule has 0 spiro atoms. The number of aromatic nitrogens is 3. The minimum Gasteiger partial charge on any atom is -0.300 e. The largest absolute Gasteiger partial charge is 0.300 e. The second-order valence-corrected chi connectivity index (χ2v) is 6.54. The maximum absolute atomic E-state index is 11.5. The van der Waals surface area contributed by atoms with Crippen molar-refractivity contribution in [2.45, 2.75) is 58.2 Å². The normalized spacial score (nSPS) is 14.1. The number of nitrogens with two attached hydrogens (primary N) is 1. The summed E-state index contributed by atoms with van der Waals surface area (Å²) in [6.07, 6.45) is 1.96. The molecular formula is C11H22N4O2S. The Hall–Kier alpha value is -0.950. The Morgan fingerprint density at radius 2 is 1.89 bits per heavy atom. The van der Waals surface area contributed by atoms with Gasteiger partial charge in [0.15, 0.2) is 0 Å². The first-order chi connectivity index (χ1) is 8.27. The zero-order valence-electron chi connectivity index (χ0n) is 11.4. The molecule has 1 atom stereocenters. The second kappa shape index (κ2) is 5.79. The first-order valence-corrected chi connectivity index (χ1v) is 7.77. The Balaban J connectivity index is 3.23. The van der Waals surface area contributed by atoms with Crippen molar-refractivity contribution in [3.05, 3.63) is 5.82 Å². The Morgan fingerprint density at radius 1 is 1.28 bits per heavy atom. The number of hydrogen-bond acceptors (Lipinski definition) is 4. The Labute approximate surface area is 109 Å². The number of nitrogens with zero attached hydrogens (tertiary/aromatic N) is 3. The molecule has 1 heterocycles. The van der Waals surface area contributed by atoms with E-state index in [2.05, 4.69) is 17.1 Å². The maximum atomic E-state index is 11.5. The Morgan fingerprint density at radius 3 is 2.33 bits per heavy atom. The van der Waals surface area contributed by atoms with Gasteiger partial charge in [0.2, 0.25) is 0 Å². The highest BCUT2D eigenvalue weighted by atomic mass is 32.2. The van der Waals surface area contributed by atoms with Crippen LogP contribution in [0.15, 0.2) is 5.16 Å². The van der Waals surface area contributed by atoms with Crippen LogP contribution < -0.4 is 5.14 Å². The summed E-state index contributed by atoms with van der Waals surface area (Å²) in [4.78, 5) is 0. The molecule has 0 saturated carbocycles. The van der Waals surface area contributed by atoms with Crippen LogP contribution in [0.4, 0.5) is 0 Å². The lowest BCUT2D eigenvalue weighted by atomic mass is 10.1. The zero-order valence-corrected chi connectivity index (χ0v) is 12.2. The van der Waals surface area contributed by atoms with E-state index in [1.54, 1.807) is 4.57 Å².